The molecule has 9 nitrogen and oxygen atoms in total. The van der Waals surface area contributed by atoms with Gasteiger partial charge in [-0.25, -0.2) is 8.98 Å². The molecule has 2 atom stereocenters. The normalized spacial score (nSPS) is 15.9. The molecule has 0 radical (unpaired) electrons. The quantitative estimate of drug-likeness (QED) is 0.378. The number of carbonyl (C=O) groups is 2. The van der Waals surface area contributed by atoms with Crippen molar-refractivity contribution >= 4 is 22.3 Å². The van der Waals surface area contributed by atoms with E-state index in [0.29, 0.717) is 0 Å². The Morgan fingerprint density at radius 2 is 1.64 bits per heavy atom. The Labute approximate surface area is 78.0 Å². The van der Waals surface area contributed by atoms with Crippen LogP contribution in [-0.2, 0) is 24.2 Å². The van der Waals surface area contributed by atoms with Gasteiger partial charge in [0.25, 0.3) is 0 Å². The molecule has 0 amide bonds. The van der Waals surface area contributed by atoms with E-state index in [9.17, 15) is 18.0 Å². The highest BCUT2D eigenvalue weighted by molar-refractivity contribution is 7.80. The molecule has 0 aliphatic heterocycles. The number of aliphatic carboxylic acids is 2. The van der Waals surface area contributed by atoms with Gasteiger partial charge in [-0.05, 0) is 0 Å². The second-order valence-corrected chi connectivity index (χ2v) is 3.19. The largest absolute Gasteiger partial charge is 0.480 e. The van der Waals surface area contributed by atoms with Gasteiger partial charge in [-0.15, -0.1) is 0 Å². The van der Waals surface area contributed by atoms with E-state index in [1.165, 1.54) is 0 Å². The highest BCUT2D eigenvalue weighted by atomic mass is 32.3. The third-order valence-electron chi connectivity index (χ3n) is 1.08. The lowest BCUT2D eigenvalue weighted by Crippen LogP contribution is -2.48. The third kappa shape index (κ3) is 4.13. The zero-order valence-electron chi connectivity index (χ0n) is 6.52. The summed E-state index contributed by atoms with van der Waals surface area (Å²) in [5.74, 6) is -3.70. The molecule has 0 rings (SSSR count). The summed E-state index contributed by atoms with van der Waals surface area (Å²) >= 11 is 0. The van der Waals surface area contributed by atoms with Crippen molar-refractivity contribution in [3.63, 3.8) is 0 Å². The maximum atomic E-state index is 10.3. The van der Waals surface area contributed by atoms with Crippen molar-refractivity contribution in [1.29, 1.82) is 0 Å². The van der Waals surface area contributed by atoms with Gasteiger partial charge in [0.2, 0.25) is 6.10 Å². The van der Waals surface area contributed by atoms with Gasteiger partial charge < -0.3 is 15.9 Å². The summed E-state index contributed by atoms with van der Waals surface area (Å²) in [6.45, 7) is 0. The van der Waals surface area contributed by atoms with E-state index in [1.54, 1.807) is 0 Å². The topological polar surface area (TPSA) is 164 Å². The number of rotatable bonds is 5. The van der Waals surface area contributed by atoms with Crippen LogP contribution in [-0.4, -0.2) is 47.3 Å². The van der Waals surface area contributed by atoms with E-state index in [4.69, 9.17) is 20.5 Å². The zero-order valence-corrected chi connectivity index (χ0v) is 7.34. The smallest absolute Gasteiger partial charge is 0.398 e. The summed E-state index contributed by atoms with van der Waals surface area (Å²) in [7, 11) is -5.07. The molecule has 0 aromatic heterocycles. The zero-order chi connectivity index (χ0) is 11.5. The van der Waals surface area contributed by atoms with Crippen LogP contribution in [0.1, 0.15) is 0 Å². The summed E-state index contributed by atoms with van der Waals surface area (Å²) in [5, 5.41) is 16.6. The van der Waals surface area contributed by atoms with Gasteiger partial charge in [-0.1, -0.05) is 0 Å². The fourth-order valence-electron chi connectivity index (χ4n) is 0.515. The SMILES string of the molecule is N[C@@H](C(=O)O)[C@H](OS(=O)(=O)O)C(=O)O. The van der Waals surface area contributed by atoms with Crippen LogP contribution in [0.4, 0.5) is 0 Å². The molecular formula is C4H7NO8S. The van der Waals surface area contributed by atoms with Gasteiger partial charge in [-0.3, -0.25) is 9.35 Å². The van der Waals surface area contributed by atoms with Crippen molar-refractivity contribution in [2.75, 3.05) is 0 Å². The Balaban J connectivity index is 4.79. The van der Waals surface area contributed by atoms with E-state index in [1.807, 2.05) is 0 Å². The predicted molar refractivity (Wildman–Crippen MR) is 39.7 cm³/mol. The number of nitrogens with two attached hydrogens (primary N) is 1. The minimum Gasteiger partial charge on any atom is -0.480 e. The fraction of sp³-hybridized carbons (Fsp3) is 0.500. The molecule has 0 bridgehead atoms. The monoisotopic (exact) mass is 229 g/mol. The summed E-state index contributed by atoms with van der Waals surface area (Å²) in [6, 6.07) is -2.10. The molecular weight excluding hydrogens is 222 g/mol. The summed E-state index contributed by atoms with van der Waals surface area (Å²) in [4.78, 5) is 20.5. The average molecular weight is 229 g/mol. The van der Waals surface area contributed by atoms with Crippen LogP contribution < -0.4 is 5.73 Å². The number of carboxylic acids is 2. The predicted octanol–water partition coefficient (Wildman–Crippen LogP) is -2.33. The van der Waals surface area contributed by atoms with Gasteiger partial charge in [0.05, 0.1) is 0 Å². The standard InChI is InChI=1S/C4H7NO8S/c5-1(3(6)7)2(4(8)9)13-14(10,11)12/h1-2H,5H2,(H,6,7)(H,8,9)(H,10,11,12)/t1-,2+/m1/s1. The van der Waals surface area contributed by atoms with E-state index in [0.717, 1.165) is 0 Å². The van der Waals surface area contributed by atoms with Gasteiger partial charge in [0.15, 0.2) is 0 Å². The molecule has 82 valence electrons. The van der Waals surface area contributed by atoms with Crippen molar-refractivity contribution in [3.8, 4) is 0 Å². The summed E-state index contributed by atoms with van der Waals surface area (Å²) < 4.78 is 31.8. The number of hydrogen-bond acceptors (Lipinski definition) is 6. The van der Waals surface area contributed by atoms with E-state index >= 15 is 0 Å². The summed E-state index contributed by atoms with van der Waals surface area (Å²) in [5.41, 5.74) is 4.79. The lowest BCUT2D eigenvalue weighted by Gasteiger charge is -2.14. The average Bonchev–Trinajstić information content (AvgIpc) is 1.96. The highest BCUT2D eigenvalue weighted by Crippen LogP contribution is 2.02. The third-order valence-corrected chi connectivity index (χ3v) is 1.53. The van der Waals surface area contributed by atoms with Crippen molar-refractivity contribution in [2.45, 2.75) is 12.1 Å². The van der Waals surface area contributed by atoms with Crippen molar-refractivity contribution in [3.05, 3.63) is 0 Å². The Bertz CT molecular complexity index is 333. The molecule has 14 heavy (non-hydrogen) atoms. The maximum Gasteiger partial charge on any atom is 0.398 e. The number of carboxylic acid groups (broad SMARTS) is 2. The van der Waals surface area contributed by atoms with Gasteiger partial charge in [0, 0.05) is 0 Å². The molecule has 0 spiro atoms. The Morgan fingerprint density at radius 3 is 1.86 bits per heavy atom. The maximum absolute atomic E-state index is 10.3. The molecule has 5 N–H and O–H groups in total. The first kappa shape index (κ1) is 12.8. The lowest BCUT2D eigenvalue weighted by molar-refractivity contribution is -0.153. The minimum absolute atomic E-state index is 1.78. The van der Waals surface area contributed by atoms with Gasteiger partial charge in [0.1, 0.15) is 6.04 Å². The summed E-state index contributed by atoms with van der Waals surface area (Å²) in [6.07, 6.45) is -2.37. The van der Waals surface area contributed by atoms with Gasteiger partial charge >= 0.3 is 22.3 Å². The first-order valence-electron chi connectivity index (χ1n) is 3.02. The lowest BCUT2D eigenvalue weighted by atomic mass is 10.2. The molecule has 0 aromatic carbocycles. The van der Waals surface area contributed by atoms with Crippen molar-refractivity contribution in [1.82, 2.24) is 0 Å². The van der Waals surface area contributed by atoms with Crippen LogP contribution in [0.15, 0.2) is 0 Å². The second kappa shape index (κ2) is 4.32. The van der Waals surface area contributed by atoms with Crippen LogP contribution in [0.5, 0.6) is 0 Å². The Morgan fingerprint density at radius 1 is 1.21 bits per heavy atom. The van der Waals surface area contributed by atoms with Crippen LogP contribution >= 0.6 is 0 Å². The van der Waals surface area contributed by atoms with E-state index < -0.39 is 34.5 Å². The van der Waals surface area contributed by atoms with Crippen molar-refractivity contribution < 1.29 is 37.0 Å². The molecule has 0 saturated carbocycles. The molecule has 0 aromatic rings. The van der Waals surface area contributed by atoms with Gasteiger partial charge in [-0.2, -0.15) is 8.42 Å². The first-order valence-corrected chi connectivity index (χ1v) is 4.38. The molecule has 0 heterocycles. The van der Waals surface area contributed by atoms with Crippen LogP contribution in [0.25, 0.3) is 0 Å². The second-order valence-electron chi connectivity index (χ2n) is 2.15. The van der Waals surface area contributed by atoms with Crippen LogP contribution in [0.3, 0.4) is 0 Å². The van der Waals surface area contributed by atoms with Crippen LogP contribution in [0, 0.1) is 0 Å². The molecule has 0 aliphatic rings. The first-order chi connectivity index (χ1) is 6.15. The molecule has 0 saturated heterocycles. The van der Waals surface area contributed by atoms with Crippen LogP contribution in [0.2, 0.25) is 0 Å². The van der Waals surface area contributed by atoms with Crippen molar-refractivity contribution in [2.24, 2.45) is 5.73 Å². The molecule has 0 aliphatic carbocycles. The molecule has 10 heteroatoms. The highest BCUT2D eigenvalue weighted by Gasteiger charge is 2.35. The minimum atomic E-state index is -5.07. The van der Waals surface area contributed by atoms with E-state index in [-0.39, 0.29) is 0 Å². The fourth-order valence-corrected chi connectivity index (χ4v) is 0.979. The Hall–Kier alpha value is -1.23. The Kier molecular flexibility index (Phi) is 3.94. The molecule has 0 fully saturated rings. The number of hydrogen-bond donors (Lipinski definition) is 4. The molecule has 0 unspecified atom stereocenters. The van der Waals surface area contributed by atoms with E-state index in [2.05, 4.69) is 4.18 Å².